The molecule has 0 aliphatic heterocycles. The number of rotatable bonds is 5. The number of ether oxygens (including phenoxy) is 1. The van der Waals surface area contributed by atoms with E-state index in [0.29, 0.717) is 13.2 Å². The maximum atomic E-state index is 13.4. The van der Waals surface area contributed by atoms with E-state index in [2.05, 4.69) is 4.98 Å². The fourth-order valence-electron chi connectivity index (χ4n) is 1.27. The summed E-state index contributed by atoms with van der Waals surface area (Å²) >= 11 is 0. The third-order valence-electron chi connectivity index (χ3n) is 2.18. The van der Waals surface area contributed by atoms with Gasteiger partial charge in [0.2, 0.25) is 0 Å². The molecule has 2 N–H and O–H groups in total. The van der Waals surface area contributed by atoms with Crippen LogP contribution in [0.1, 0.15) is 13.8 Å². The van der Waals surface area contributed by atoms with Crippen LogP contribution in [0.5, 0.6) is 0 Å². The molecule has 1 heterocycles. The highest BCUT2D eigenvalue weighted by Crippen LogP contribution is 2.19. The predicted octanol–water partition coefficient (Wildman–Crippen LogP) is 1.80. The van der Waals surface area contributed by atoms with Crippen LogP contribution in [0.2, 0.25) is 0 Å². The minimum absolute atomic E-state index is 0.0243. The summed E-state index contributed by atoms with van der Waals surface area (Å²) in [6, 6.07) is 0.734. The first-order valence-electron chi connectivity index (χ1n) is 5.36. The van der Waals surface area contributed by atoms with Crippen molar-refractivity contribution in [2.45, 2.75) is 20.0 Å². The molecule has 0 radical (unpaired) electrons. The molecule has 0 fully saturated rings. The minimum Gasteiger partial charge on any atom is -0.381 e. The van der Waals surface area contributed by atoms with Gasteiger partial charge in [0.1, 0.15) is 0 Å². The molecule has 1 aromatic rings. The van der Waals surface area contributed by atoms with Crippen molar-refractivity contribution in [1.82, 2.24) is 4.98 Å². The maximum Gasteiger partial charge on any atom is 0.168 e. The molecule has 0 amide bonds. The number of hydrogen-bond acceptors (Lipinski definition) is 4. The smallest absolute Gasteiger partial charge is 0.168 e. The highest BCUT2D eigenvalue weighted by molar-refractivity contribution is 5.46. The summed E-state index contributed by atoms with van der Waals surface area (Å²) in [4.78, 5) is 5.20. The molecule has 6 heteroatoms. The average Bonchev–Trinajstić information content (AvgIpc) is 2.22. The van der Waals surface area contributed by atoms with Gasteiger partial charge in [-0.25, -0.2) is 13.8 Å². The van der Waals surface area contributed by atoms with Gasteiger partial charge in [0.15, 0.2) is 23.3 Å². The van der Waals surface area contributed by atoms with Gasteiger partial charge in [-0.15, -0.1) is 0 Å². The van der Waals surface area contributed by atoms with E-state index in [1.807, 2.05) is 13.8 Å². The van der Waals surface area contributed by atoms with Crippen LogP contribution >= 0.6 is 0 Å². The Morgan fingerprint density at radius 2 is 2.06 bits per heavy atom. The van der Waals surface area contributed by atoms with Gasteiger partial charge in [0.05, 0.1) is 12.7 Å². The highest BCUT2D eigenvalue weighted by Gasteiger charge is 2.13. The van der Waals surface area contributed by atoms with Gasteiger partial charge in [-0.3, -0.25) is 0 Å². The zero-order valence-corrected chi connectivity index (χ0v) is 10.2. The van der Waals surface area contributed by atoms with E-state index < -0.39 is 11.6 Å². The van der Waals surface area contributed by atoms with E-state index in [1.165, 1.54) is 4.90 Å². The average molecular weight is 245 g/mol. The molecule has 1 aromatic heterocycles. The number of nitrogen functional groups attached to an aromatic ring is 1. The quantitative estimate of drug-likeness (QED) is 0.859. The molecular formula is C11H17F2N3O. The van der Waals surface area contributed by atoms with E-state index in [9.17, 15) is 8.78 Å². The monoisotopic (exact) mass is 245 g/mol. The number of aromatic nitrogens is 1. The summed E-state index contributed by atoms with van der Waals surface area (Å²) in [7, 11) is 1.65. The summed E-state index contributed by atoms with van der Waals surface area (Å²) < 4.78 is 31.7. The lowest BCUT2D eigenvalue weighted by Crippen LogP contribution is -2.26. The van der Waals surface area contributed by atoms with Crippen LogP contribution in [0, 0.1) is 11.6 Å². The van der Waals surface area contributed by atoms with Crippen LogP contribution in [0.25, 0.3) is 0 Å². The molecule has 0 atom stereocenters. The van der Waals surface area contributed by atoms with E-state index in [-0.39, 0.29) is 17.7 Å². The second-order valence-electron chi connectivity index (χ2n) is 4.00. The van der Waals surface area contributed by atoms with Crippen molar-refractivity contribution >= 4 is 11.6 Å². The molecule has 4 nitrogen and oxygen atoms in total. The second kappa shape index (κ2) is 5.77. The van der Waals surface area contributed by atoms with Crippen molar-refractivity contribution in [3.05, 3.63) is 17.7 Å². The number of nitrogens with zero attached hydrogens (tertiary/aromatic N) is 2. The van der Waals surface area contributed by atoms with Crippen molar-refractivity contribution < 1.29 is 13.5 Å². The molecule has 0 saturated heterocycles. The molecule has 1 rings (SSSR count). The van der Waals surface area contributed by atoms with E-state index >= 15 is 0 Å². The first-order valence-corrected chi connectivity index (χ1v) is 5.36. The van der Waals surface area contributed by atoms with Gasteiger partial charge in [-0.2, -0.15) is 0 Å². The standard InChI is InChI=1S/C11H17F2N3O/c1-7(2)17-5-4-16(3)11-9(13)6-8(12)10(14)15-11/h6-7H,4-5H2,1-3H3,(H2,14,15). The molecule has 96 valence electrons. The van der Waals surface area contributed by atoms with E-state index in [0.717, 1.165) is 6.07 Å². The fraction of sp³-hybridized carbons (Fsp3) is 0.545. The Morgan fingerprint density at radius 3 is 2.65 bits per heavy atom. The fourth-order valence-corrected chi connectivity index (χ4v) is 1.27. The van der Waals surface area contributed by atoms with Crippen molar-refractivity contribution in [2.24, 2.45) is 0 Å². The van der Waals surface area contributed by atoms with Crippen molar-refractivity contribution in [1.29, 1.82) is 0 Å². The number of halogens is 2. The number of pyridine rings is 1. The second-order valence-corrected chi connectivity index (χ2v) is 4.00. The molecule has 0 spiro atoms. The Kier molecular flexibility index (Phi) is 4.62. The molecule has 0 bridgehead atoms. The van der Waals surface area contributed by atoms with Crippen LogP contribution in [-0.4, -0.2) is 31.3 Å². The molecular weight excluding hydrogens is 228 g/mol. The summed E-state index contributed by atoms with van der Waals surface area (Å²) in [6.45, 7) is 4.71. The van der Waals surface area contributed by atoms with Crippen molar-refractivity contribution in [3.63, 3.8) is 0 Å². The summed E-state index contributed by atoms with van der Waals surface area (Å²) in [6.07, 6.45) is 0.111. The molecule has 0 aromatic carbocycles. The number of anilines is 2. The van der Waals surface area contributed by atoms with Crippen LogP contribution in [-0.2, 0) is 4.74 Å². The summed E-state index contributed by atoms with van der Waals surface area (Å²) in [5.41, 5.74) is 5.29. The highest BCUT2D eigenvalue weighted by atomic mass is 19.1. The lowest BCUT2D eigenvalue weighted by Gasteiger charge is -2.19. The molecule has 0 aliphatic carbocycles. The Balaban J connectivity index is 2.68. The predicted molar refractivity (Wildman–Crippen MR) is 62.9 cm³/mol. The number of hydrogen-bond donors (Lipinski definition) is 1. The first kappa shape index (κ1) is 13.6. The number of nitrogens with two attached hydrogens (primary N) is 1. The van der Waals surface area contributed by atoms with Gasteiger partial charge < -0.3 is 15.4 Å². The minimum atomic E-state index is -0.849. The molecule has 17 heavy (non-hydrogen) atoms. The molecule has 0 unspecified atom stereocenters. The van der Waals surface area contributed by atoms with Crippen LogP contribution < -0.4 is 10.6 Å². The molecule has 0 saturated carbocycles. The van der Waals surface area contributed by atoms with Gasteiger partial charge in [-0.05, 0) is 13.8 Å². The van der Waals surface area contributed by atoms with Crippen molar-refractivity contribution in [2.75, 3.05) is 30.8 Å². The van der Waals surface area contributed by atoms with Gasteiger partial charge in [0.25, 0.3) is 0 Å². The normalized spacial score (nSPS) is 10.9. The first-order chi connectivity index (χ1) is 7.91. The Morgan fingerprint density at radius 1 is 1.41 bits per heavy atom. The summed E-state index contributed by atoms with van der Waals surface area (Å²) in [5.74, 6) is -1.86. The van der Waals surface area contributed by atoms with Crippen LogP contribution in [0.3, 0.4) is 0 Å². The zero-order valence-electron chi connectivity index (χ0n) is 10.2. The van der Waals surface area contributed by atoms with Crippen LogP contribution in [0.4, 0.5) is 20.4 Å². The van der Waals surface area contributed by atoms with E-state index in [1.54, 1.807) is 7.05 Å². The van der Waals surface area contributed by atoms with Crippen LogP contribution in [0.15, 0.2) is 6.07 Å². The van der Waals surface area contributed by atoms with Gasteiger partial charge in [-0.1, -0.05) is 0 Å². The summed E-state index contributed by atoms with van der Waals surface area (Å²) in [5, 5.41) is 0. The molecule has 0 aliphatic rings. The Hall–Kier alpha value is -1.43. The lowest BCUT2D eigenvalue weighted by molar-refractivity contribution is 0.0845. The maximum absolute atomic E-state index is 13.4. The van der Waals surface area contributed by atoms with E-state index in [4.69, 9.17) is 10.5 Å². The SMILES string of the molecule is CC(C)OCCN(C)c1nc(N)c(F)cc1F. The zero-order chi connectivity index (χ0) is 13.0. The largest absolute Gasteiger partial charge is 0.381 e. The Bertz CT molecular complexity index is 385. The number of likely N-dealkylation sites (N-methyl/N-ethyl adjacent to an activating group) is 1. The third-order valence-corrected chi connectivity index (χ3v) is 2.18. The third kappa shape index (κ3) is 3.81. The van der Waals surface area contributed by atoms with Gasteiger partial charge >= 0.3 is 0 Å². The van der Waals surface area contributed by atoms with Gasteiger partial charge in [0, 0.05) is 19.7 Å². The van der Waals surface area contributed by atoms with Crippen molar-refractivity contribution in [3.8, 4) is 0 Å². The topological polar surface area (TPSA) is 51.4 Å². The Labute approximate surface area is 99.4 Å². The lowest BCUT2D eigenvalue weighted by atomic mass is 10.3.